The van der Waals surface area contributed by atoms with Gasteiger partial charge in [-0.25, -0.2) is 0 Å². The highest BCUT2D eigenvalue weighted by molar-refractivity contribution is 5.71. The van der Waals surface area contributed by atoms with Gasteiger partial charge in [0.2, 0.25) is 0 Å². The van der Waals surface area contributed by atoms with Crippen LogP contribution >= 0.6 is 0 Å². The van der Waals surface area contributed by atoms with Crippen LogP contribution in [-0.2, 0) is 0 Å². The van der Waals surface area contributed by atoms with Crippen molar-refractivity contribution < 1.29 is 10.0 Å². The standard InChI is InChI=1S/C9H10N2O3/c10-8-5-1-3-7(4-2-6-12)9(8)11(13)14/h1-5,12H,6,10H2. The van der Waals surface area contributed by atoms with E-state index in [-0.39, 0.29) is 18.0 Å². The van der Waals surface area contributed by atoms with E-state index in [9.17, 15) is 10.1 Å². The number of nitrogen functional groups attached to an aromatic ring is 1. The molecule has 0 heterocycles. The van der Waals surface area contributed by atoms with Gasteiger partial charge in [0.15, 0.2) is 0 Å². The number of hydrogen-bond acceptors (Lipinski definition) is 4. The molecule has 3 N–H and O–H groups in total. The normalized spacial score (nSPS) is 10.6. The van der Waals surface area contributed by atoms with E-state index in [0.717, 1.165) is 0 Å². The maximum absolute atomic E-state index is 10.6. The topological polar surface area (TPSA) is 89.4 Å². The van der Waals surface area contributed by atoms with E-state index >= 15 is 0 Å². The van der Waals surface area contributed by atoms with Crippen LogP contribution in [0.4, 0.5) is 11.4 Å². The Kier molecular flexibility index (Phi) is 3.19. The average molecular weight is 194 g/mol. The van der Waals surface area contributed by atoms with Crippen LogP contribution in [0.25, 0.3) is 6.08 Å². The summed E-state index contributed by atoms with van der Waals surface area (Å²) in [6, 6.07) is 4.66. The summed E-state index contributed by atoms with van der Waals surface area (Å²) in [5.74, 6) is 0. The second-order valence-corrected chi connectivity index (χ2v) is 2.63. The molecule has 14 heavy (non-hydrogen) atoms. The van der Waals surface area contributed by atoms with Crippen LogP contribution in [0.5, 0.6) is 0 Å². The van der Waals surface area contributed by atoms with E-state index in [0.29, 0.717) is 5.56 Å². The molecule has 5 heteroatoms. The minimum Gasteiger partial charge on any atom is -0.393 e. The highest BCUT2D eigenvalue weighted by Gasteiger charge is 2.14. The van der Waals surface area contributed by atoms with Crippen LogP contribution in [0.3, 0.4) is 0 Å². The molecular formula is C9H10N2O3. The maximum atomic E-state index is 10.6. The first-order valence-electron chi connectivity index (χ1n) is 3.97. The van der Waals surface area contributed by atoms with Gasteiger partial charge < -0.3 is 10.8 Å². The highest BCUT2D eigenvalue weighted by atomic mass is 16.6. The quantitative estimate of drug-likeness (QED) is 0.429. The number of nitro groups is 1. The maximum Gasteiger partial charge on any atom is 0.299 e. The third kappa shape index (κ3) is 2.08. The van der Waals surface area contributed by atoms with Gasteiger partial charge in [0.25, 0.3) is 5.69 Å². The average Bonchev–Trinajstić information content (AvgIpc) is 2.14. The lowest BCUT2D eigenvalue weighted by molar-refractivity contribution is -0.384. The number of anilines is 1. The zero-order valence-corrected chi connectivity index (χ0v) is 7.38. The van der Waals surface area contributed by atoms with Gasteiger partial charge in [-0.15, -0.1) is 0 Å². The minimum atomic E-state index is -0.535. The molecule has 1 rings (SSSR count). The Morgan fingerprint density at radius 3 is 2.86 bits per heavy atom. The number of aliphatic hydroxyl groups excluding tert-OH is 1. The summed E-state index contributed by atoms with van der Waals surface area (Å²) in [4.78, 5) is 10.1. The Balaban J connectivity index is 3.21. The lowest BCUT2D eigenvalue weighted by Gasteiger charge is -1.99. The predicted molar refractivity (Wildman–Crippen MR) is 53.6 cm³/mol. The van der Waals surface area contributed by atoms with Crippen molar-refractivity contribution in [2.75, 3.05) is 12.3 Å². The first kappa shape index (κ1) is 10.2. The van der Waals surface area contributed by atoms with Gasteiger partial charge in [0.1, 0.15) is 5.69 Å². The van der Waals surface area contributed by atoms with Crippen LogP contribution in [-0.4, -0.2) is 16.6 Å². The van der Waals surface area contributed by atoms with Crippen molar-refractivity contribution in [2.24, 2.45) is 0 Å². The van der Waals surface area contributed by atoms with E-state index in [1.807, 2.05) is 0 Å². The predicted octanol–water partition coefficient (Wildman–Crippen LogP) is 1.18. The molecule has 0 saturated carbocycles. The summed E-state index contributed by atoms with van der Waals surface area (Å²) in [6.45, 7) is -0.161. The molecule has 0 unspecified atom stereocenters. The fourth-order valence-electron chi connectivity index (χ4n) is 1.10. The van der Waals surface area contributed by atoms with E-state index in [4.69, 9.17) is 10.8 Å². The number of aliphatic hydroxyl groups is 1. The Labute approximate surface area is 80.6 Å². The van der Waals surface area contributed by atoms with Crippen molar-refractivity contribution in [1.29, 1.82) is 0 Å². The number of para-hydroxylation sites is 1. The van der Waals surface area contributed by atoms with Crippen molar-refractivity contribution in [2.45, 2.75) is 0 Å². The number of hydrogen-bond donors (Lipinski definition) is 2. The number of nitro benzene ring substituents is 1. The first-order chi connectivity index (χ1) is 6.66. The smallest absolute Gasteiger partial charge is 0.299 e. The molecule has 1 aromatic carbocycles. The van der Waals surface area contributed by atoms with Crippen LogP contribution in [0, 0.1) is 10.1 Å². The Morgan fingerprint density at radius 2 is 2.29 bits per heavy atom. The Hall–Kier alpha value is -1.88. The molecule has 5 nitrogen and oxygen atoms in total. The highest BCUT2D eigenvalue weighted by Crippen LogP contribution is 2.26. The second-order valence-electron chi connectivity index (χ2n) is 2.63. The van der Waals surface area contributed by atoms with Crippen LogP contribution in [0.1, 0.15) is 5.56 Å². The summed E-state index contributed by atoms with van der Waals surface area (Å²) in [7, 11) is 0. The van der Waals surface area contributed by atoms with Crippen LogP contribution < -0.4 is 5.73 Å². The van der Waals surface area contributed by atoms with Crippen molar-refractivity contribution in [3.63, 3.8) is 0 Å². The Morgan fingerprint density at radius 1 is 1.57 bits per heavy atom. The van der Waals surface area contributed by atoms with Gasteiger partial charge in [-0.05, 0) is 18.2 Å². The fraction of sp³-hybridized carbons (Fsp3) is 0.111. The van der Waals surface area contributed by atoms with Crippen molar-refractivity contribution in [3.05, 3.63) is 40.0 Å². The van der Waals surface area contributed by atoms with E-state index < -0.39 is 4.92 Å². The minimum absolute atomic E-state index is 0.120. The van der Waals surface area contributed by atoms with Gasteiger partial charge in [-0.2, -0.15) is 0 Å². The SMILES string of the molecule is Nc1cccc(C=CCO)c1[N+](=O)[O-]. The van der Waals surface area contributed by atoms with E-state index in [1.165, 1.54) is 18.2 Å². The molecule has 0 aromatic heterocycles. The number of benzene rings is 1. The molecule has 0 spiro atoms. The molecule has 0 amide bonds. The second kappa shape index (κ2) is 4.38. The molecule has 0 bridgehead atoms. The van der Waals surface area contributed by atoms with E-state index in [2.05, 4.69) is 0 Å². The summed E-state index contributed by atoms with van der Waals surface area (Å²) < 4.78 is 0. The first-order valence-corrected chi connectivity index (χ1v) is 3.97. The molecular weight excluding hydrogens is 184 g/mol. The molecule has 0 aliphatic rings. The molecule has 0 aliphatic carbocycles. The lowest BCUT2D eigenvalue weighted by atomic mass is 10.1. The zero-order chi connectivity index (χ0) is 10.6. The molecule has 0 radical (unpaired) electrons. The Bertz CT molecular complexity index is 374. The summed E-state index contributed by atoms with van der Waals surface area (Å²) in [5.41, 5.74) is 5.84. The summed E-state index contributed by atoms with van der Waals surface area (Å²) in [5, 5.41) is 19.2. The fourth-order valence-corrected chi connectivity index (χ4v) is 1.10. The van der Waals surface area contributed by atoms with Crippen LogP contribution in [0.2, 0.25) is 0 Å². The molecule has 74 valence electrons. The van der Waals surface area contributed by atoms with Crippen molar-refractivity contribution >= 4 is 17.5 Å². The van der Waals surface area contributed by atoms with Gasteiger partial charge in [0, 0.05) is 0 Å². The molecule has 0 saturated heterocycles. The number of nitrogens with two attached hydrogens (primary N) is 1. The lowest BCUT2D eigenvalue weighted by Crippen LogP contribution is -1.97. The third-order valence-electron chi connectivity index (χ3n) is 1.68. The van der Waals surface area contributed by atoms with Gasteiger partial charge in [-0.3, -0.25) is 10.1 Å². The third-order valence-corrected chi connectivity index (χ3v) is 1.68. The summed E-state index contributed by atoms with van der Waals surface area (Å²) in [6.07, 6.45) is 2.89. The zero-order valence-electron chi connectivity index (χ0n) is 7.38. The molecule has 0 atom stereocenters. The number of nitrogens with zero attached hydrogens (tertiary/aromatic N) is 1. The molecule has 0 aliphatic heterocycles. The summed E-state index contributed by atoms with van der Waals surface area (Å²) >= 11 is 0. The molecule has 0 fully saturated rings. The number of rotatable bonds is 3. The largest absolute Gasteiger partial charge is 0.393 e. The van der Waals surface area contributed by atoms with Gasteiger partial charge >= 0.3 is 0 Å². The van der Waals surface area contributed by atoms with Gasteiger partial charge in [-0.1, -0.05) is 12.1 Å². The van der Waals surface area contributed by atoms with Gasteiger partial charge in [0.05, 0.1) is 17.1 Å². The van der Waals surface area contributed by atoms with Crippen LogP contribution in [0.15, 0.2) is 24.3 Å². The van der Waals surface area contributed by atoms with Crippen molar-refractivity contribution in [1.82, 2.24) is 0 Å². The van der Waals surface area contributed by atoms with E-state index in [1.54, 1.807) is 12.1 Å². The monoisotopic (exact) mass is 194 g/mol. The van der Waals surface area contributed by atoms with Crippen molar-refractivity contribution in [3.8, 4) is 0 Å². The molecule has 1 aromatic rings.